The molecule has 0 bridgehead atoms. The molecule has 0 saturated carbocycles. The summed E-state index contributed by atoms with van der Waals surface area (Å²) < 4.78 is 13.4. The first-order valence-corrected chi connectivity index (χ1v) is 10.9. The smallest absolute Gasteiger partial charge is 0.319 e. The normalized spacial score (nSPS) is 11.4. The van der Waals surface area contributed by atoms with Crippen molar-refractivity contribution in [2.45, 2.75) is 40.7 Å². The summed E-state index contributed by atoms with van der Waals surface area (Å²) in [5.74, 6) is 1.98. The quantitative estimate of drug-likeness (QED) is 0.415. The third kappa shape index (κ3) is 5.31. The predicted octanol–water partition coefficient (Wildman–Crippen LogP) is 4.92. The first-order chi connectivity index (χ1) is 15.8. The fraction of sp³-hybridized carbons (Fsp3) is 0.333. The lowest BCUT2D eigenvalue weighted by Gasteiger charge is -2.15. The van der Waals surface area contributed by atoms with E-state index in [9.17, 15) is 4.79 Å². The number of benzene rings is 1. The third-order valence-electron chi connectivity index (χ3n) is 4.79. The highest BCUT2D eigenvalue weighted by atomic mass is 16.5. The van der Waals surface area contributed by atoms with Crippen LogP contribution in [0.25, 0.3) is 28.4 Å². The van der Waals surface area contributed by atoms with Gasteiger partial charge < -0.3 is 19.8 Å². The number of hydrogen-bond acceptors (Lipinski definition) is 6. The van der Waals surface area contributed by atoms with Crippen LogP contribution < -0.4 is 15.4 Å². The highest BCUT2D eigenvalue weighted by Crippen LogP contribution is 2.31. The van der Waals surface area contributed by atoms with E-state index in [-0.39, 0.29) is 12.1 Å². The molecule has 9 nitrogen and oxygen atoms in total. The second kappa shape index (κ2) is 9.32. The lowest BCUT2D eigenvalue weighted by molar-refractivity contribution is 0.242. The fourth-order valence-corrected chi connectivity index (χ4v) is 3.37. The summed E-state index contributed by atoms with van der Waals surface area (Å²) in [6.45, 7) is 10.4. The number of anilines is 1. The number of aromatic nitrogens is 4. The van der Waals surface area contributed by atoms with Gasteiger partial charge in [-0.1, -0.05) is 13.8 Å². The number of nitrogens with zero attached hydrogens (tertiary/aromatic N) is 4. The van der Waals surface area contributed by atoms with E-state index in [1.165, 1.54) is 0 Å². The van der Waals surface area contributed by atoms with Gasteiger partial charge in [0.2, 0.25) is 11.8 Å². The van der Waals surface area contributed by atoms with Crippen molar-refractivity contribution in [3.63, 3.8) is 0 Å². The Morgan fingerprint density at radius 1 is 1.12 bits per heavy atom. The Kier molecular flexibility index (Phi) is 6.30. The molecule has 0 atom stereocenters. The number of urea groups is 1. The molecule has 2 amide bonds. The summed E-state index contributed by atoms with van der Waals surface area (Å²) in [4.78, 5) is 16.9. The molecule has 0 spiro atoms. The zero-order valence-corrected chi connectivity index (χ0v) is 19.4. The van der Waals surface area contributed by atoms with Gasteiger partial charge in [0.25, 0.3) is 0 Å². The summed E-state index contributed by atoms with van der Waals surface area (Å²) in [7, 11) is 0. The lowest BCUT2D eigenvalue weighted by Crippen LogP contribution is -2.31. The van der Waals surface area contributed by atoms with Crippen LogP contribution >= 0.6 is 0 Å². The van der Waals surface area contributed by atoms with Crippen molar-refractivity contribution >= 4 is 17.4 Å². The average Bonchev–Trinajstić information content (AvgIpc) is 3.37. The number of imidazole rings is 1. The molecule has 3 heterocycles. The molecule has 0 radical (unpaired) electrons. The van der Waals surface area contributed by atoms with E-state index in [0.29, 0.717) is 35.7 Å². The van der Waals surface area contributed by atoms with Gasteiger partial charge in [-0.2, -0.15) is 0 Å². The Hall–Kier alpha value is -3.88. The molecule has 9 heteroatoms. The summed E-state index contributed by atoms with van der Waals surface area (Å²) in [5, 5.41) is 13.7. The number of hydrogen-bond donors (Lipinski definition) is 2. The molecular formula is C24H28N6O3. The molecule has 4 rings (SSSR count). The number of pyridine rings is 1. The van der Waals surface area contributed by atoms with Crippen LogP contribution in [-0.4, -0.2) is 38.3 Å². The molecule has 33 heavy (non-hydrogen) atoms. The molecular weight excluding hydrogens is 420 g/mol. The highest BCUT2D eigenvalue weighted by molar-refractivity contribution is 5.90. The van der Waals surface area contributed by atoms with Crippen molar-refractivity contribution in [2.24, 2.45) is 5.92 Å². The monoisotopic (exact) mass is 448 g/mol. The first-order valence-electron chi connectivity index (χ1n) is 10.9. The number of ether oxygens (including phenoxy) is 1. The summed E-state index contributed by atoms with van der Waals surface area (Å²) in [6, 6.07) is 9.20. The number of carbonyl (C=O) groups excluding carboxylic acids is 1. The minimum Gasteiger partial charge on any atom is -0.491 e. The van der Waals surface area contributed by atoms with Gasteiger partial charge in [-0.05, 0) is 44.0 Å². The Bertz CT molecular complexity index is 1270. The number of nitrogens with one attached hydrogen (secondary N) is 2. The van der Waals surface area contributed by atoms with E-state index >= 15 is 0 Å². The zero-order valence-electron chi connectivity index (χ0n) is 19.4. The standard InChI is InChI=1S/C24H28N6O3/c1-14(2)12-26-24(31)27-19-8-18(9-20(11-19)32-15(3)4)21-13-25-22-10-17(6-7-30(21)22)23-29-28-16(5)33-23/h6-11,13-15H,12H2,1-5H3,(H2,26,27,31). The molecule has 0 aliphatic carbocycles. The van der Waals surface area contributed by atoms with Crippen molar-refractivity contribution < 1.29 is 13.9 Å². The van der Waals surface area contributed by atoms with Crippen LogP contribution in [-0.2, 0) is 0 Å². The van der Waals surface area contributed by atoms with Gasteiger partial charge in [0.15, 0.2) is 0 Å². The molecule has 0 aliphatic rings. The molecule has 0 fully saturated rings. The number of amides is 2. The summed E-state index contributed by atoms with van der Waals surface area (Å²) >= 11 is 0. The van der Waals surface area contributed by atoms with Crippen LogP contribution in [0.1, 0.15) is 33.6 Å². The van der Waals surface area contributed by atoms with Gasteiger partial charge in [0.1, 0.15) is 11.4 Å². The average molecular weight is 449 g/mol. The van der Waals surface area contributed by atoms with E-state index in [4.69, 9.17) is 9.15 Å². The van der Waals surface area contributed by atoms with Crippen molar-refractivity contribution in [1.29, 1.82) is 0 Å². The predicted molar refractivity (Wildman–Crippen MR) is 126 cm³/mol. The topological polar surface area (TPSA) is 107 Å². The second-order valence-corrected chi connectivity index (χ2v) is 8.55. The van der Waals surface area contributed by atoms with Crippen LogP contribution in [0.5, 0.6) is 5.75 Å². The second-order valence-electron chi connectivity index (χ2n) is 8.55. The first kappa shape index (κ1) is 22.3. The Morgan fingerprint density at radius 3 is 2.64 bits per heavy atom. The lowest BCUT2D eigenvalue weighted by atomic mass is 10.1. The van der Waals surface area contributed by atoms with E-state index in [2.05, 4.69) is 25.8 Å². The third-order valence-corrected chi connectivity index (χ3v) is 4.79. The van der Waals surface area contributed by atoms with Crippen LogP contribution in [0.15, 0.2) is 47.1 Å². The molecule has 0 unspecified atom stereocenters. The van der Waals surface area contributed by atoms with E-state index in [1.54, 1.807) is 13.1 Å². The van der Waals surface area contributed by atoms with Crippen LogP contribution in [0.2, 0.25) is 0 Å². The van der Waals surface area contributed by atoms with E-state index < -0.39 is 0 Å². The van der Waals surface area contributed by atoms with Gasteiger partial charge in [0, 0.05) is 42.5 Å². The van der Waals surface area contributed by atoms with Gasteiger partial charge in [-0.25, -0.2) is 9.78 Å². The minimum atomic E-state index is -0.256. The van der Waals surface area contributed by atoms with Crippen LogP contribution in [0.3, 0.4) is 0 Å². The molecule has 3 aromatic heterocycles. The maximum Gasteiger partial charge on any atom is 0.319 e. The Morgan fingerprint density at radius 2 is 1.94 bits per heavy atom. The number of rotatable bonds is 7. The van der Waals surface area contributed by atoms with Gasteiger partial charge in [-0.15, -0.1) is 10.2 Å². The number of carbonyl (C=O) groups is 1. The molecule has 172 valence electrons. The molecule has 0 saturated heterocycles. The SMILES string of the molecule is Cc1nnc(-c2ccn3c(-c4cc(NC(=O)NCC(C)C)cc(OC(C)C)c4)cnc3c2)o1. The van der Waals surface area contributed by atoms with E-state index in [1.807, 2.05) is 68.6 Å². The van der Waals surface area contributed by atoms with Crippen molar-refractivity contribution in [3.05, 3.63) is 48.6 Å². The maximum absolute atomic E-state index is 12.3. The van der Waals surface area contributed by atoms with Crippen LogP contribution in [0, 0.1) is 12.8 Å². The van der Waals surface area contributed by atoms with Crippen molar-refractivity contribution in [3.8, 4) is 28.5 Å². The molecule has 2 N–H and O–H groups in total. The molecule has 0 aliphatic heterocycles. The summed E-state index contributed by atoms with van der Waals surface area (Å²) in [5.41, 5.74) is 3.88. The molecule has 4 aromatic rings. The van der Waals surface area contributed by atoms with Gasteiger partial charge in [-0.3, -0.25) is 4.40 Å². The maximum atomic E-state index is 12.3. The van der Waals surface area contributed by atoms with Crippen molar-refractivity contribution in [1.82, 2.24) is 24.9 Å². The van der Waals surface area contributed by atoms with Gasteiger partial charge >= 0.3 is 6.03 Å². The Balaban J connectivity index is 1.68. The molecule has 1 aromatic carbocycles. The number of aryl methyl sites for hydroxylation is 1. The van der Waals surface area contributed by atoms with Crippen LogP contribution in [0.4, 0.5) is 10.5 Å². The van der Waals surface area contributed by atoms with Gasteiger partial charge in [0.05, 0.1) is 18.0 Å². The zero-order chi connectivity index (χ0) is 23.5. The van der Waals surface area contributed by atoms with Crippen molar-refractivity contribution in [2.75, 3.05) is 11.9 Å². The van der Waals surface area contributed by atoms with E-state index in [0.717, 1.165) is 22.5 Å². The highest BCUT2D eigenvalue weighted by Gasteiger charge is 2.14. The fourth-order valence-electron chi connectivity index (χ4n) is 3.37. The Labute approximate surface area is 192 Å². The largest absolute Gasteiger partial charge is 0.491 e. The summed E-state index contributed by atoms with van der Waals surface area (Å²) in [6.07, 6.45) is 3.69. The number of fused-ring (bicyclic) bond motifs is 1. The minimum absolute atomic E-state index is 0.00882.